The van der Waals surface area contributed by atoms with Gasteiger partial charge in [0, 0.05) is 0 Å². The number of para-hydroxylation sites is 2. The van der Waals surface area contributed by atoms with Crippen LogP contribution in [0.1, 0.15) is 0 Å². The third-order valence-corrected chi connectivity index (χ3v) is 2.48. The van der Waals surface area contributed by atoms with E-state index in [4.69, 9.17) is 4.74 Å². The van der Waals surface area contributed by atoms with Gasteiger partial charge in [0.1, 0.15) is 5.75 Å². The summed E-state index contributed by atoms with van der Waals surface area (Å²) in [4.78, 5) is 2.33. The van der Waals surface area contributed by atoms with E-state index in [-0.39, 0.29) is 40.0 Å². The van der Waals surface area contributed by atoms with Crippen LogP contribution in [0, 0.1) is 0 Å². The Morgan fingerprint density at radius 1 is 1.19 bits per heavy atom. The van der Waals surface area contributed by atoms with Crippen molar-refractivity contribution in [2.24, 2.45) is 0 Å². The molecule has 0 aromatic heterocycles. The molecule has 0 N–H and O–H groups in total. The zero-order chi connectivity index (χ0) is 9.80. The van der Waals surface area contributed by atoms with Crippen molar-refractivity contribution in [2.45, 2.75) is 0 Å². The molecule has 1 fully saturated rings. The second-order valence-electron chi connectivity index (χ2n) is 3.33. The summed E-state index contributed by atoms with van der Waals surface area (Å²) in [5.74, 6) is 0.953. The summed E-state index contributed by atoms with van der Waals surface area (Å²) in [6.07, 6.45) is 0. The fourth-order valence-corrected chi connectivity index (χ4v) is 1.74. The van der Waals surface area contributed by atoms with Crippen LogP contribution in [0.3, 0.4) is 0 Å². The molecule has 0 radical (unpaired) electrons. The van der Waals surface area contributed by atoms with Gasteiger partial charge in [0.25, 0.3) is 0 Å². The van der Waals surface area contributed by atoms with E-state index in [1.165, 1.54) is 5.69 Å². The Bertz CT molecular complexity index is 306. The molecule has 0 amide bonds. The van der Waals surface area contributed by atoms with Gasteiger partial charge in [-0.15, -0.1) is 13.1 Å². The monoisotopic (exact) mass is 294 g/mol. The maximum Gasteiger partial charge on any atom is 2.00 e. The van der Waals surface area contributed by atoms with Crippen molar-refractivity contribution >= 4 is 28.7 Å². The van der Waals surface area contributed by atoms with Crippen LogP contribution in [0.15, 0.2) is 24.3 Å². The zero-order valence-electron chi connectivity index (χ0n) is 9.53. The van der Waals surface area contributed by atoms with Gasteiger partial charge < -0.3 is 31.9 Å². The molecule has 2 rings (SSSR count). The topological polar surface area (TPSA) is 26.6 Å². The van der Waals surface area contributed by atoms with Gasteiger partial charge in [0.2, 0.25) is 0 Å². The third kappa shape index (κ3) is 3.80. The van der Waals surface area contributed by atoms with Gasteiger partial charge >= 0.3 is 23.1 Å². The molecule has 0 aliphatic carbocycles. The Morgan fingerprint density at radius 3 is 2.44 bits per heavy atom. The van der Waals surface area contributed by atoms with Crippen LogP contribution in [-0.2, 0) is 0 Å². The molecule has 1 aliphatic heterocycles. The molecular weight excluding hydrogens is 280 g/mol. The molecule has 1 aromatic rings. The molecule has 84 valence electrons. The minimum absolute atomic E-state index is 0. The van der Waals surface area contributed by atoms with E-state index in [0.717, 1.165) is 31.9 Å². The van der Waals surface area contributed by atoms with Crippen molar-refractivity contribution < 1.29 is 21.7 Å². The van der Waals surface area contributed by atoms with Crippen molar-refractivity contribution in [1.82, 2.24) is 0 Å². The van der Waals surface area contributed by atoms with E-state index in [1.807, 2.05) is 18.2 Å². The molecule has 5 heteroatoms. The Labute approximate surface area is 123 Å². The van der Waals surface area contributed by atoms with E-state index in [0.29, 0.717) is 0 Å². The zero-order valence-corrected chi connectivity index (χ0v) is 12.5. The maximum absolute atomic E-state index is 5.33. The van der Waals surface area contributed by atoms with Crippen molar-refractivity contribution in [2.75, 3.05) is 38.2 Å². The molecule has 0 bridgehead atoms. The number of halogens is 1. The first-order chi connectivity index (χ1) is 6.92. The number of anilines is 1. The summed E-state index contributed by atoms with van der Waals surface area (Å²) in [6.45, 7) is 3.86. The second kappa shape index (κ2) is 8.17. The van der Waals surface area contributed by atoms with Gasteiger partial charge in [-0.3, -0.25) is 0 Å². The largest absolute Gasteiger partial charge is 2.00 e. The summed E-state index contributed by atoms with van der Waals surface area (Å²) >= 11 is 0. The summed E-state index contributed by atoms with van der Waals surface area (Å²) < 4.78 is 5.33. The van der Waals surface area contributed by atoms with E-state index in [2.05, 4.69) is 16.3 Å². The standard InChI is InChI=1S/C11H15N2O.BrH.Mg/c1-14-11-5-3-2-4-10(11)13-8-6-12-7-9-13;;/h2-5H,6-9H2,1H3;1H;/q-1;;+2/p-1. The second-order valence-corrected chi connectivity index (χ2v) is 3.33. The van der Waals surface area contributed by atoms with Crippen LogP contribution in [0.5, 0.6) is 5.75 Å². The molecule has 1 aromatic carbocycles. The normalized spacial score (nSPS) is 14.7. The number of hydrogen-bond acceptors (Lipinski definition) is 2. The molecule has 0 saturated carbocycles. The predicted molar refractivity (Wildman–Crippen MR) is 64.1 cm³/mol. The van der Waals surface area contributed by atoms with Crippen molar-refractivity contribution in [3.8, 4) is 5.75 Å². The average molecular weight is 295 g/mol. The quantitative estimate of drug-likeness (QED) is 0.622. The van der Waals surface area contributed by atoms with Crippen molar-refractivity contribution in [1.29, 1.82) is 0 Å². The molecule has 0 unspecified atom stereocenters. The van der Waals surface area contributed by atoms with E-state index >= 15 is 0 Å². The summed E-state index contributed by atoms with van der Waals surface area (Å²) in [5, 5.41) is 4.33. The van der Waals surface area contributed by atoms with Crippen LogP contribution < -0.4 is 26.6 Å². The number of benzene rings is 1. The van der Waals surface area contributed by atoms with E-state index < -0.39 is 0 Å². The number of ether oxygens (including phenoxy) is 1. The number of methoxy groups -OCH3 is 1. The summed E-state index contributed by atoms with van der Waals surface area (Å²) in [5.41, 5.74) is 1.19. The van der Waals surface area contributed by atoms with Crippen LogP contribution in [0.25, 0.3) is 5.32 Å². The Morgan fingerprint density at radius 2 is 1.81 bits per heavy atom. The van der Waals surface area contributed by atoms with Crippen LogP contribution >= 0.6 is 0 Å². The predicted octanol–water partition coefficient (Wildman–Crippen LogP) is -1.49. The fraction of sp³-hybridized carbons (Fsp3) is 0.455. The van der Waals surface area contributed by atoms with Gasteiger partial charge in [0.15, 0.2) is 0 Å². The summed E-state index contributed by atoms with van der Waals surface area (Å²) in [6, 6.07) is 8.14. The Balaban J connectivity index is 0.00000112. The fourth-order valence-electron chi connectivity index (χ4n) is 1.74. The van der Waals surface area contributed by atoms with E-state index in [9.17, 15) is 0 Å². The smallest absolute Gasteiger partial charge is 1.00 e. The number of rotatable bonds is 2. The molecule has 0 spiro atoms. The first-order valence-corrected chi connectivity index (χ1v) is 4.93. The number of piperazine rings is 1. The van der Waals surface area contributed by atoms with Crippen LogP contribution in [-0.4, -0.2) is 56.3 Å². The molecule has 1 heterocycles. The van der Waals surface area contributed by atoms with Gasteiger partial charge in [-0.1, -0.05) is 12.1 Å². The van der Waals surface area contributed by atoms with Gasteiger partial charge in [-0.25, -0.2) is 0 Å². The SMILES string of the molecule is COc1ccccc1N1CC[N-]CC1.[Br-].[Mg+2]. The molecule has 0 atom stereocenters. The molecule has 16 heavy (non-hydrogen) atoms. The van der Waals surface area contributed by atoms with Crippen molar-refractivity contribution in [3.63, 3.8) is 0 Å². The summed E-state index contributed by atoms with van der Waals surface area (Å²) in [7, 11) is 1.72. The average Bonchev–Trinajstić information content (AvgIpc) is 2.30. The first kappa shape index (κ1) is 16.0. The number of nitrogens with zero attached hydrogens (tertiary/aromatic N) is 2. The van der Waals surface area contributed by atoms with Gasteiger partial charge in [-0.2, -0.15) is 0 Å². The van der Waals surface area contributed by atoms with Crippen LogP contribution in [0.4, 0.5) is 5.69 Å². The van der Waals surface area contributed by atoms with E-state index in [1.54, 1.807) is 7.11 Å². The Hall–Kier alpha value is 0.0262. The minimum Gasteiger partial charge on any atom is -1.00 e. The van der Waals surface area contributed by atoms with Gasteiger partial charge in [0.05, 0.1) is 12.8 Å². The molecule has 1 aliphatic rings. The minimum atomic E-state index is 0. The molecule has 3 nitrogen and oxygen atoms in total. The van der Waals surface area contributed by atoms with Crippen LogP contribution in [0.2, 0.25) is 0 Å². The third-order valence-electron chi connectivity index (χ3n) is 2.48. The molecule has 1 saturated heterocycles. The maximum atomic E-state index is 5.33. The first-order valence-electron chi connectivity index (χ1n) is 4.93. The number of hydrogen-bond donors (Lipinski definition) is 0. The van der Waals surface area contributed by atoms with Crippen molar-refractivity contribution in [3.05, 3.63) is 29.6 Å². The Kier molecular flexibility index (Phi) is 8.18. The van der Waals surface area contributed by atoms with Gasteiger partial charge in [-0.05, 0) is 25.2 Å². The molecular formula is C11H15BrMgN2O.